The van der Waals surface area contributed by atoms with E-state index in [9.17, 15) is 4.39 Å². The van der Waals surface area contributed by atoms with E-state index in [1.54, 1.807) is 0 Å². The van der Waals surface area contributed by atoms with Gasteiger partial charge in [0.15, 0.2) is 5.11 Å². The summed E-state index contributed by atoms with van der Waals surface area (Å²) in [6, 6.07) is 17.3. The summed E-state index contributed by atoms with van der Waals surface area (Å²) in [6.07, 6.45) is 2.71. The van der Waals surface area contributed by atoms with E-state index < -0.39 is 0 Å². The molecule has 0 aliphatic carbocycles. The molecule has 0 unspecified atom stereocenters. The number of aryl methyl sites for hydroxylation is 1. The molecule has 5 rings (SSSR count). The number of fused-ring (bicyclic) bond motifs is 1. The molecule has 0 radical (unpaired) electrons. The molecule has 7 nitrogen and oxygen atoms in total. The van der Waals surface area contributed by atoms with Crippen molar-refractivity contribution in [2.24, 2.45) is 0 Å². The van der Waals surface area contributed by atoms with Crippen LogP contribution < -0.4 is 20.4 Å². The first-order chi connectivity index (χ1) is 17.6. The zero-order valence-electron chi connectivity index (χ0n) is 20.3. The third-order valence-corrected chi connectivity index (χ3v) is 6.80. The molecule has 2 aliphatic rings. The zero-order chi connectivity index (χ0) is 24.7. The fourth-order valence-electron chi connectivity index (χ4n) is 4.58. The van der Waals surface area contributed by atoms with Crippen molar-refractivity contribution in [3.8, 4) is 0 Å². The lowest BCUT2D eigenvalue weighted by molar-refractivity contribution is 0.122. The normalized spacial score (nSPS) is 15.4. The van der Waals surface area contributed by atoms with Gasteiger partial charge in [-0.15, -0.1) is 0 Å². The number of morpholine rings is 1. The Bertz CT molecular complexity index is 1190. The first kappa shape index (κ1) is 24.4. The monoisotopic (exact) mass is 506 g/mol. The number of benzene rings is 2. The average molecular weight is 507 g/mol. The highest BCUT2D eigenvalue weighted by Crippen LogP contribution is 2.27. The maximum Gasteiger partial charge on any atom is 0.232 e. The van der Waals surface area contributed by atoms with Crippen molar-refractivity contribution < 1.29 is 9.13 Å². The van der Waals surface area contributed by atoms with E-state index >= 15 is 0 Å². The third-order valence-electron chi connectivity index (χ3n) is 6.56. The fourth-order valence-corrected chi connectivity index (χ4v) is 4.77. The van der Waals surface area contributed by atoms with Gasteiger partial charge in [-0.25, -0.2) is 4.39 Å². The van der Waals surface area contributed by atoms with Gasteiger partial charge >= 0.3 is 0 Å². The molecule has 2 aliphatic heterocycles. The molecule has 9 heteroatoms. The lowest BCUT2D eigenvalue weighted by atomic mass is 10.00. The molecule has 2 N–H and O–H groups in total. The molecule has 3 heterocycles. The first-order valence-electron chi connectivity index (χ1n) is 12.5. The van der Waals surface area contributed by atoms with Gasteiger partial charge in [-0.2, -0.15) is 9.97 Å². The Morgan fingerprint density at radius 2 is 1.67 bits per heavy atom. The minimum Gasteiger partial charge on any atom is -0.378 e. The number of halogens is 1. The van der Waals surface area contributed by atoms with Crippen LogP contribution in [0, 0.1) is 5.82 Å². The number of anilines is 3. The standard InChI is InChI=1S/C27H31FN6OS/c28-23-9-7-20(8-10-23)4-3-12-29-27(36)32-26-30-24(33-14-16-35-17-15-33)18-25(31-26)34-13-11-21-5-1-2-6-22(21)19-34/h1-2,5-10,18H,3-4,11-17,19H2,(H2,29,30,31,32,36). The van der Waals surface area contributed by atoms with Crippen LogP contribution in [0.25, 0.3) is 0 Å². The number of aromatic nitrogens is 2. The van der Waals surface area contributed by atoms with E-state index in [2.05, 4.69) is 50.8 Å². The summed E-state index contributed by atoms with van der Waals surface area (Å²) in [5.41, 5.74) is 3.84. The van der Waals surface area contributed by atoms with Crippen LogP contribution in [-0.2, 0) is 24.1 Å². The smallest absolute Gasteiger partial charge is 0.232 e. The maximum atomic E-state index is 13.1. The van der Waals surface area contributed by atoms with Crippen LogP contribution in [0.3, 0.4) is 0 Å². The van der Waals surface area contributed by atoms with E-state index in [-0.39, 0.29) is 5.82 Å². The molecule has 0 bridgehead atoms. The highest BCUT2D eigenvalue weighted by atomic mass is 32.1. The molecule has 188 valence electrons. The van der Waals surface area contributed by atoms with Crippen molar-refractivity contribution in [3.63, 3.8) is 0 Å². The second-order valence-corrected chi connectivity index (χ2v) is 9.47. The molecule has 0 atom stereocenters. The minimum atomic E-state index is -0.213. The SMILES string of the molecule is Fc1ccc(CCCNC(=S)Nc2nc(N3CCOCC3)cc(N3CCc4ccccc4C3)n2)cc1. The van der Waals surface area contributed by atoms with Crippen LogP contribution in [0.2, 0.25) is 0 Å². The van der Waals surface area contributed by atoms with Crippen LogP contribution >= 0.6 is 12.2 Å². The van der Waals surface area contributed by atoms with E-state index in [1.165, 1.54) is 23.3 Å². The van der Waals surface area contributed by atoms with Gasteiger partial charge in [0.1, 0.15) is 17.5 Å². The molecule has 1 fully saturated rings. The number of nitrogens with zero attached hydrogens (tertiary/aromatic N) is 4. The lowest BCUT2D eigenvalue weighted by Gasteiger charge is -2.32. The molecule has 2 aromatic carbocycles. The lowest BCUT2D eigenvalue weighted by Crippen LogP contribution is -2.38. The Morgan fingerprint density at radius 1 is 0.944 bits per heavy atom. The predicted octanol–water partition coefficient (Wildman–Crippen LogP) is 3.93. The van der Waals surface area contributed by atoms with Crippen molar-refractivity contribution >= 4 is 34.9 Å². The summed E-state index contributed by atoms with van der Waals surface area (Å²) < 4.78 is 18.6. The van der Waals surface area contributed by atoms with Crippen LogP contribution in [0.5, 0.6) is 0 Å². The van der Waals surface area contributed by atoms with E-state index in [4.69, 9.17) is 26.9 Å². The van der Waals surface area contributed by atoms with Gasteiger partial charge < -0.3 is 25.2 Å². The third kappa shape index (κ3) is 6.27. The Labute approximate surface area is 216 Å². The average Bonchev–Trinajstić information content (AvgIpc) is 2.92. The second kappa shape index (κ2) is 11.6. The van der Waals surface area contributed by atoms with Gasteiger partial charge in [0.2, 0.25) is 5.95 Å². The first-order valence-corrected chi connectivity index (χ1v) is 12.9. The Balaban J connectivity index is 1.25. The molecule has 1 aromatic heterocycles. The van der Waals surface area contributed by atoms with Crippen molar-refractivity contribution in [1.82, 2.24) is 15.3 Å². The van der Waals surface area contributed by atoms with Crippen molar-refractivity contribution in [2.45, 2.75) is 25.8 Å². The van der Waals surface area contributed by atoms with Gasteiger partial charge in [0.05, 0.1) is 13.2 Å². The summed E-state index contributed by atoms with van der Waals surface area (Å²) in [5, 5.41) is 6.92. The van der Waals surface area contributed by atoms with Gasteiger partial charge in [-0.1, -0.05) is 36.4 Å². The predicted molar refractivity (Wildman–Crippen MR) is 145 cm³/mol. The molecule has 1 saturated heterocycles. The number of nitrogens with one attached hydrogen (secondary N) is 2. The molecule has 0 spiro atoms. The summed E-state index contributed by atoms with van der Waals surface area (Å²) in [7, 11) is 0. The second-order valence-electron chi connectivity index (χ2n) is 9.06. The number of hydrogen-bond acceptors (Lipinski definition) is 6. The fraction of sp³-hybridized carbons (Fsp3) is 0.370. The molecule has 36 heavy (non-hydrogen) atoms. The van der Waals surface area contributed by atoms with Crippen molar-refractivity contribution in [2.75, 3.05) is 54.5 Å². The number of ether oxygens (including phenoxy) is 1. The van der Waals surface area contributed by atoms with Gasteiger partial charge in [-0.05, 0) is 60.3 Å². The van der Waals surface area contributed by atoms with Gasteiger partial charge in [-0.3, -0.25) is 0 Å². The van der Waals surface area contributed by atoms with Crippen LogP contribution in [0.1, 0.15) is 23.1 Å². The Kier molecular flexibility index (Phi) is 7.88. The Hall–Kier alpha value is -3.30. The van der Waals surface area contributed by atoms with E-state index in [1.807, 2.05) is 12.1 Å². The summed E-state index contributed by atoms with van der Waals surface area (Å²) in [4.78, 5) is 14.1. The highest BCUT2D eigenvalue weighted by molar-refractivity contribution is 7.80. The van der Waals surface area contributed by atoms with Crippen LogP contribution in [0.4, 0.5) is 22.0 Å². The molecular weight excluding hydrogens is 475 g/mol. The van der Waals surface area contributed by atoms with Gasteiger partial charge in [0, 0.05) is 38.8 Å². The van der Waals surface area contributed by atoms with E-state index in [0.29, 0.717) is 30.8 Å². The summed E-state index contributed by atoms with van der Waals surface area (Å²) in [5.74, 6) is 2.05. The largest absolute Gasteiger partial charge is 0.378 e. The van der Waals surface area contributed by atoms with Crippen LogP contribution in [0.15, 0.2) is 54.6 Å². The quantitative estimate of drug-likeness (QED) is 0.369. The summed E-state index contributed by atoms with van der Waals surface area (Å²) in [6.45, 7) is 5.39. The zero-order valence-corrected chi connectivity index (χ0v) is 21.1. The molecule has 3 aromatic rings. The molecular formula is C27H31FN6OS. The number of rotatable bonds is 7. The number of hydrogen-bond donors (Lipinski definition) is 2. The highest BCUT2D eigenvalue weighted by Gasteiger charge is 2.21. The maximum absolute atomic E-state index is 13.1. The minimum absolute atomic E-state index is 0.213. The summed E-state index contributed by atoms with van der Waals surface area (Å²) >= 11 is 5.54. The Morgan fingerprint density at radius 3 is 2.44 bits per heavy atom. The number of thiocarbonyl (C=S) groups is 1. The van der Waals surface area contributed by atoms with Crippen LogP contribution in [-0.4, -0.2) is 54.5 Å². The topological polar surface area (TPSA) is 65.6 Å². The van der Waals surface area contributed by atoms with Crippen molar-refractivity contribution in [1.29, 1.82) is 0 Å². The van der Waals surface area contributed by atoms with E-state index in [0.717, 1.165) is 62.6 Å². The molecule has 0 saturated carbocycles. The van der Waals surface area contributed by atoms with Gasteiger partial charge in [0.25, 0.3) is 0 Å². The van der Waals surface area contributed by atoms with Crippen molar-refractivity contribution in [3.05, 3.63) is 77.1 Å². The molecule has 0 amide bonds.